The molecule has 19 heavy (non-hydrogen) atoms. The van der Waals surface area contributed by atoms with E-state index in [-0.39, 0.29) is 31.3 Å². The first-order valence-corrected chi connectivity index (χ1v) is 6.15. The van der Waals surface area contributed by atoms with Crippen LogP contribution in [0.2, 0.25) is 0 Å². The van der Waals surface area contributed by atoms with Crippen LogP contribution >= 0.6 is 0 Å². The monoisotopic (exact) mass is 264 g/mol. The Bertz CT molecular complexity index is 527. The van der Waals surface area contributed by atoms with E-state index in [1.165, 1.54) is 5.06 Å². The van der Waals surface area contributed by atoms with Crippen molar-refractivity contribution in [3.63, 3.8) is 0 Å². The smallest absolute Gasteiger partial charge is 0.345 e. The zero-order valence-corrected chi connectivity index (χ0v) is 10.7. The standard InChI is InChI=1S/C12H16N4O3/c1-3-4-19-16-9-6-15(12(16)18)10(7-17)11-8(9)5-13-14(11)2/h3,5,9-10,17H,1,4,6-7H2,2H3/t9-,10+/m0/s1. The lowest BCUT2D eigenvalue weighted by Gasteiger charge is -2.29. The van der Waals surface area contributed by atoms with Crippen LogP contribution in [0.5, 0.6) is 0 Å². The van der Waals surface area contributed by atoms with Crippen LogP contribution < -0.4 is 0 Å². The van der Waals surface area contributed by atoms with E-state index >= 15 is 0 Å². The minimum absolute atomic E-state index is 0.125. The molecule has 1 aromatic heterocycles. The molecule has 0 unspecified atom stereocenters. The van der Waals surface area contributed by atoms with Crippen molar-refractivity contribution in [1.29, 1.82) is 0 Å². The van der Waals surface area contributed by atoms with Crippen molar-refractivity contribution in [2.75, 3.05) is 19.8 Å². The second-order valence-corrected chi connectivity index (χ2v) is 4.67. The summed E-state index contributed by atoms with van der Waals surface area (Å²) in [4.78, 5) is 19.4. The van der Waals surface area contributed by atoms with Gasteiger partial charge >= 0.3 is 6.03 Å². The molecular weight excluding hydrogens is 248 g/mol. The molecular formula is C12H16N4O3. The van der Waals surface area contributed by atoms with Gasteiger partial charge in [-0.2, -0.15) is 10.2 Å². The highest BCUT2D eigenvalue weighted by Crippen LogP contribution is 2.43. The first-order chi connectivity index (χ1) is 9.19. The molecule has 1 N–H and O–H groups in total. The fraction of sp³-hybridized carbons (Fsp3) is 0.500. The molecule has 3 heterocycles. The number of carbonyl (C=O) groups is 1. The van der Waals surface area contributed by atoms with Gasteiger partial charge in [0.15, 0.2) is 0 Å². The minimum atomic E-state index is -0.358. The van der Waals surface area contributed by atoms with Crippen molar-refractivity contribution in [3.05, 3.63) is 30.1 Å². The van der Waals surface area contributed by atoms with Crippen LogP contribution in [0.25, 0.3) is 0 Å². The fourth-order valence-corrected chi connectivity index (χ4v) is 2.82. The number of hydrogen-bond donors (Lipinski definition) is 1. The first kappa shape index (κ1) is 12.2. The van der Waals surface area contributed by atoms with Gasteiger partial charge in [-0.3, -0.25) is 9.52 Å². The molecule has 2 amide bonds. The Morgan fingerprint density at radius 3 is 3.16 bits per heavy atom. The summed E-state index contributed by atoms with van der Waals surface area (Å²) in [5.41, 5.74) is 1.81. The number of aliphatic hydroxyl groups excluding tert-OH is 1. The molecule has 1 saturated heterocycles. The molecule has 2 bridgehead atoms. The number of amides is 2. The number of hydrogen-bond acceptors (Lipinski definition) is 4. The fourth-order valence-electron chi connectivity index (χ4n) is 2.82. The van der Waals surface area contributed by atoms with E-state index < -0.39 is 0 Å². The van der Waals surface area contributed by atoms with Crippen molar-refractivity contribution in [3.8, 4) is 0 Å². The van der Waals surface area contributed by atoms with Crippen LogP contribution in [-0.4, -0.2) is 50.6 Å². The average Bonchev–Trinajstić information content (AvgIpc) is 2.92. The van der Waals surface area contributed by atoms with Crippen LogP contribution in [-0.2, 0) is 11.9 Å². The van der Waals surface area contributed by atoms with E-state index in [1.807, 2.05) is 7.05 Å². The summed E-state index contributed by atoms with van der Waals surface area (Å²) in [5.74, 6) is 0. The lowest BCUT2D eigenvalue weighted by atomic mass is 9.98. The van der Waals surface area contributed by atoms with E-state index in [0.29, 0.717) is 6.54 Å². The maximum atomic E-state index is 12.3. The highest BCUT2D eigenvalue weighted by atomic mass is 16.7. The summed E-state index contributed by atoms with van der Waals surface area (Å²) in [5, 5.41) is 15.1. The maximum absolute atomic E-state index is 12.3. The highest BCUT2D eigenvalue weighted by molar-refractivity contribution is 5.78. The largest absolute Gasteiger partial charge is 0.394 e. The van der Waals surface area contributed by atoms with Crippen LogP contribution in [0.4, 0.5) is 4.79 Å². The quantitative estimate of drug-likeness (QED) is 0.797. The molecule has 2 aliphatic rings. The summed E-state index contributed by atoms with van der Waals surface area (Å²) >= 11 is 0. The Labute approximate surface area is 110 Å². The van der Waals surface area contributed by atoms with E-state index in [1.54, 1.807) is 21.9 Å². The Kier molecular flexibility index (Phi) is 2.79. The number of aryl methyl sites for hydroxylation is 1. The third-order valence-corrected chi connectivity index (χ3v) is 3.66. The number of aliphatic hydroxyl groups is 1. The van der Waals surface area contributed by atoms with Crippen LogP contribution in [0.15, 0.2) is 18.9 Å². The molecule has 3 rings (SSSR count). The van der Waals surface area contributed by atoms with Gasteiger partial charge in [-0.25, -0.2) is 4.79 Å². The topological polar surface area (TPSA) is 70.8 Å². The van der Waals surface area contributed by atoms with Gasteiger partial charge in [0, 0.05) is 12.6 Å². The Morgan fingerprint density at radius 2 is 2.47 bits per heavy atom. The predicted molar refractivity (Wildman–Crippen MR) is 65.9 cm³/mol. The summed E-state index contributed by atoms with van der Waals surface area (Å²) in [6.07, 6.45) is 3.33. The van der Waals surface area contributed by atoms with Gasteiger partial charge in [0.1, 0.15) is 6.04 Å². The van der Waals surface area contributed by atoms with Crippen LogP contribution in [0.1, 0.15) is 23.3 Å². The summed E-state index contributed by atoms with van der Waals surface area (Å²) in [7, 11) is 1.81. The number of urea groups is 1. The Hall–Kier alpha value is -1.86. The number of rotatable bonds is 4. The number of fused-ring (bicyclic) bond motifs is 4. The van der Waals surface area contributed by atoms with E-state index in [9.17, 15) is 9.90 Å². The molecule has 0 aliphatic carbocycles. The third kappa shape index (κ3) is 1.58. The summed E-state index contributed by atoms with van der Waals surface area (Å²) < 4.78 is 1.71. The number of hydroxylamine groups is 2. The molecule has 1 fully saturated rings. The molecule has 2 atom stereocenters. The molecule has 7 heteroatoms. The number of carbonyl (C=O) groups excluding carboxylic acids is 1. The second kappa shape index (κ2) is 4.36. The molecule has 1 aromatic rings. The Morgan fingerprint density at radius 1 is 1.68 bits per heavy atom. The third-order valence-electron chi connectivity index (χ3n) is 3.66. The van der Waals surface area contributed by atoms with Crippen molar-refractivity contribution >= 4 is 6.03 Å². The number of aromatic nitrogens is 2. The molecule has 0 radical (unpaired) electrons. The second-order valence-electron chi connectivity index (χ2n) is 4.67. The van der Waals surface area contributed by atoms with E-state index in [4.69, 9.17) is 4.84 Å². The highest BCUT2D eigenvalue weighted by Gasteiger charge is 2.49. The van der Waals surface area contributed by atoms with Gasteiger partial charge in [-0.1, -0.05) is 6.08 Å². The summed E-state index contributed by atoms with van der Waals surface area (Å²) in [6.45, 7) is 4.24. The molecule has 0 spiro atoms. The van der Waals surface area contributed by atoms with Crippen molar-refractivity contribution < 1.29 is 14.7 Å². The molecule has 7 nitrogen and oxygen atoms in total. The van der Waals surface area contributed by atoms with Gasteiger partial charge in [-0.15, -0.1) is 6.58 Å². The zero-order valence-electron chi connectivity index (χ0n) is 10.7. The van der Waals surface area contributed by atoms with Crippen LogP contribution in [0, 0.1) is 0 Å². The van der Waals surface area contributed by atoms with Gasteiger partial charge < -0.3 is 10.0 Å². The van der Waals surface area contributed by atoms with Crippen molar-refractivity contribution in [1.82, 2.24) is 19.7 Å². The van der Waals surface area contributed by atoms with Gasteiger partial charge in [0.2, 0.25) is 0 Å². The van der Waals surface area contributed by atoms with Gasteiger partial charge in [0.05, 0.1) is 37.7 Å². The van der Waals surface area contributed by atoms with Crippen molar-refractivity contribution in [2.24, 2.45) is 7.05 Å². The molecule has 2 aliphatic heterocycles. The molecule has 102 valence electrons. The van der Waals surface area contributed by atoms with E-state index in [2.05, 4.69) is 11.7 Å². The number of nitrogens with zero attached hydrogens (tertiary/aromatic N) is 4. The molecule has 0 saturated carbocycles. The Balaban J connectivity index is 2.02. The zero-order chi connectivity index (χ0) is 13.6. The normalized spacial score (nSPS) is 24.8. The van der Waals surface area contributed by atoms with Crippen LogP contribution in [0.3, 0.4) is 0 Å². The first-order valence-electron chi connectivity index (χ1n) is 6.15. The van der Waals surface area contributed by atoms with E-state index in [0.717, 1.165) is 11.3 Å². The minimum Gasteiger partial charge on any atom is -0.394 e. The average molecular weight is 264 g/mol. The van der Waals surface area contributed by atoms with Crippen molar-refractivity contribution in [2.45, 2.75) is 12.1 Å². The SMILES string of the molecule is C=CCON1C(=O)N2C[C@H]1c1cnn(C)c1[C@H]2CO. The molecule has 0 aromatic carbocycles. The summed E-state index contributed by atoms with van der Waals surface area (Å²) in [6, 6.07) is -0.746. The van der Waals surface area contributed by atoms with Gasteiger partial charge in [-0.05, 0) is 0 Å². The predicted octanol–water partition coefficient (Wildman–Crippen LogP) is 0.363. The lowest BCUT2D eigenvalue weighted by molar-refractivity contribution is -0.118. The maximum Gasteiger partial charge on any atom is 0.345 e. The lowest BCUT2D eigenvalue weighted by Crippen LogP contribution is -2.37. The van der Waals surface area contributed by atoms with Gasteiger partial charge in [0.25, 0.3) is 0 Å².